The number of phenolic OH excluding ortho intramolecular Hbond substituents is 2. The number of carbonyl (C=O) groups excluding carboxylic acids is 3. The van der Waals surface area contributed by atoms with E-state index >= 15 is 0 Å². The van der Waals surface area contributed by atoms with E-state index in [4.69, 9.17) is 4.74 Å². The van der Waals surface area contributed by atoms with Gasteiger partial charge in [-0.2, -0.15) is 0 Å². The molecule has 0 aromatic heterocycles. The van der Waals surface area contributed by atoms with Gasteiger partial charge in [0.05, 0.1) is 25.5 Å². The highest BCUT2D eigenvalue weighted by Crippen LogP contribution is 2.53. The van der Waals surface area contributed by atoms with Crippen LogP contribution >= 0.6 is 0 Å². The number of aromatic hydroxyl groups is 2. The van der Waals surface area contributed by atoms with Crippen LogP contribution in [-0.4, -0.2) is 46.0 Å². The summed E-state index contributed by atoms with van der Waals surface area (Å²) in [5.41, 5.74) is 1.27. The maximum absolute atomic E-state index is 13.9. The van der Waals surface area contributed by atoms with Crippen LogP contribution in [0.4, 0.5) is 5.69 Å². The molecule has 6 rings (SSSR count). The lowest BCUT2D eigenvalue weighted by molar-refractivity contribution is -0.143. The Bertz CT molecular complexity index is 1440. The molecule has 3 aromatic carbocycles. The van der Waals surface area contributed by atoms with Crippen molar-refractivity contribution in [2.24, 2.45) is 11.8 Å². The van der Waals surface area contributed by atoms with Gasteiger partial charge in [0, 0.05) is 17.3 Å². The summed E-state index contributed by atoms with van der Waals surface area (Å²) in [5, 5.41) is 26.0. The van der Waals surface area contributed by atoms with Gasteiger partial charge < -0.3 is 20.3 Å². The van der Waals surface area contributed by atoms with Gasteiger partial charge in [-0.1, -0.05) is 36.4 Å². The number of likely N-dealkylation sites (tertiary alicyclic amines) is 1. The van der Waals surface area contributed by atoms with Gasteiger partial charge in [-0.25, -0.2) is 0 Å². The smallest absolute Gasteiger partial charge is 0.250 e. The summed E-state index contributed by atoms with van der Waals surface area (Å²) in [6, 6.07) is 18.2. The molecule has 2 fully saturated rings. The molecule has 4 N–H and O–H groups in total. The Balaban J connectivity index is 1.41. The van der Waals surface area contributed by atoms with Gasteiger partial charge in [0.25, 0.3) is 0 Å². The van der Waals surface area contributed by atoms with Gasteiger partial charge in [0.2, 0.25) is 17.7 Å². The monoisotopic (exact) mass is 499 g/mol. The molecule has 0 radical (unpaired) electrons. The molecule has 188 valence electrons. The molecule has 1 spiro atoms. The molecule has 3 aliphatic rings. The van der Waals surface area contributed by atoms with Gasteiger partial charge in [0.15, 0.2) is 11.5 Å². The number of imide groups is 1. The Morgan fingerprint density at radius 3 is 2.38 bits per heavy atom. The summed E-state index contributed by atoms with van der Waals surface area (Å²) in [7, 11) is 1.56. The highest BCUT2D eigenvalue weighted by atomic mass is 16.5. The molecule has 3 amide bonds. The van der Waals surface area contributed by atoms with Crippen molar-refractivity contribution in [3.8, 4) is 17.2 Å². The molecule has 0 bridgehead atoms. The average molecular weight is 500 g/mol. The van der Waals surface area contributed by atoms with E-state index in [0.29, 0.717) is 22.6 Å². The molecule has 0 saturated carbocycles. The Kier molecular flexibility index (Phi) is 5.20. The van der Waals surface area contributed by atoms with E-state index in [-0.39, 0.29) is 36.3 Å². The third kappa shape index (κ3) is 3.38. The number of nitrogens with zero attached hydrogens (tertiary/aromatic N) is 1. The summed E-state index contributed by atoms with van der Waals surface area (Å²) in [5.74, 6) is -2.70. The van der Waals surface area contributed by atoms with Gasteiger partial charge in [-0.3, -0.25) is 24.6 Å². The first kappa shape index (κ1) is 23.1. The molecular formula is C28H25N3O6. The number of fused-ring (bicyclic) bond motifs is 4. The van der Waals surface area contributed by atoms with Crippen LogP contribution < -0.4 is 15.4 Å². The second-order valence-corrected chi connectivity index (χ2v) is 9.70. The number of phenols is 2. The number of rotatable bonds is 5. The maximum Gasteiger partial charge on any atom is 0.250 e. The van der Waals surface area contributed by atoms with Gasteiger partial charge in [0.1, 0.15) is 11.3 Å². The van der Waals surface area contributed by atoms with Crippen molar-refractivity contribution in [1.82, 2.24) is 10.2 Å². The molecule has 9 heteroatoms. The molecule has 2 saturated heterocycles. The average Bonchev–Trinajstić information content (AvgIpc) is 3.47. The first-order valence-corrected chi connectivity index (χ1v) is 12.0. The highest BCUT2D eigenvalue weighted by molar-refractivity contribution is 6.15. The lowest BCUT2D eigenvalue weighted by Gasteiger charge is -2.29. The highest BCUT2D eigenvalue weighted by Gasteiger charge is 2.70. The number of methoxy groups -OCH3 is 1. The fourth-order valence-corrected chi connectivity index (χ4v) is 6.01. The minimum absolute atomic E-state index is 0.0841. The number of benzene rings is 3. The van der Waals surface area contributed by atoms with E-state index < -0.39 is 29.3 Å². The zero-order valence-corrected chi connectivity index (χ0v) is 20.0. The summed E-state index contributed by atoms with van der Waals surface area (Å²) in [6.07, 6.45) is 0.265. The lowest BCUT2D eigenvalue weighted by Crippen LogP contribution is -2.53. The molecule has 3 aliphatic heterocycles. The minimum Gasteiger partial charge on any atom is -0.504 e. The molecule has 37 heavy (non-hydrogen) atoms. The van der Waals surface area contributed by atoms with Gasteiger partial charge in [-0.05, 0) is 47.9 Å². The van der Waals surface area contributed by atoms with Crippen LogP contribution in [0, 0.1) is 11.8 Å². The maximum atomic E-state index is 13.9. The van der Waals surface area contributed by atoms with Crippen LogP contribution in [0.2, 0.25) is 0 Å². The van der Waals surface area contributed by atoms with E-state index in [1.807, 2.05) is 0 Å². The van der Waals surface area contributed by atoms with Crippen molar-refractivity contribution in [1.29, 1.82) is 0 Å². The van der Waals surface area contributed by atoms with Crippen molar-refractivity contribution >= 4 is 23.4 Å². The predicted octanol–water partition coefficient (Wildman–Crippen LogP) is 2.27. The molecule has 9 nitrogen and oxygen atoms in total. The third-order valence-electron chi connectivity index (χ3n) is 7.71. The molecule has 0 aliphatic carbocycles. The first-order valence-electron chi connectivity index (χ1n) is 12.0. The quantitative estimate of drug-likeness (QED) is 0.313. The number of ether oxygens (including phenoxy) is 1. The Labute approximate surface area is 212 Å². The number of nitrogens with one attached hydrogen (secondary N) is 2. The zero-order valence-electron chi connectivity index (χ0n) is 20.0. The van der Waals surface area contributed by atoms with Crippen LogP contribution in [-0.2, 0) is 32.9 Å². The van der Waals surface area contributed by atoms with E-state index in [1.54, 1.807) is 61.7 Å². The Morgan fingerprint density at radius 1 is 0.919 bits per heavy atom. The largest absolute Gasteiger partial charge is 0.504 e. The fraction of sp³-hybridized carbons (Fsp3) is 0.250. The number of anilines is 1. The van der Waals surface area contributed by atoms with Crippen molar-refractivity contribution in [3.63, 3.8) is 0 Å². The first-order chi connectivity index (χ1) is 17.8. The fourth-order valence-electron chi connectivity index (χ4n) is 6.01. The normalized spacial score (nSPS) is 25.9. The lowest BCUT2D eigenvalue weighted by atomic mass is 9.76. The summed E-state index contributed by atoms with van der Waals surface area (Å²) in [4.78, 5) is 42.5. The zero-order chi connectivity index (χ0) is 25.9. The van der Waals surface area contributed by atoms with Gasteiger partial charge >= 0.3 is 0 Å². The standard InChI is InChI=1S/C28H25N3O6/c1-37-17-9-6-15(7-10-17)14-31-25(34)23-20(12-16-8-11-21(32)22(33)13-16)30-28(24(23)26(31)35)18-4-2-3-5-19(18)29-27(28)36/h2-11,13,20,23-24,30,32-33H,12,14H2,1H3,(H,29,36)/t20-,23+,24-,28-/m0/s1. The van der Waals surface area contributed by atoms with E-state index in [1.165, 1.54) is 17.0 Å². The van der Waals surface area contributed by atoms with Crippen LogP contribution in [0.1, 0.15) is 16.7 Å². The second-order valence-electron chi connectivity index (χ2n) is 9.70. The topological polar surface area (TPSA) is 128 Å². The minimum atomic E-state index is -1.40. The molecular weight excluding hydrogens is 474 g/mol. The van der Waals surface area contributed by atoms with Crippen LogP contribution in [0.15, 0.2) is 66.7 Å². The number of carbonyl (C=O) groups is 3. The van der Waals surface area contributed by atoms with E-state index in [9.17, 15) is 24.6 Å². The van der Waals surface area contributed by atoms with E-state index in [0.717, 1.165) is 5.56 Å². The third-order valence-corrected chi connectivity index (χ3v) is 7.71. The number of hydrogen-bond donors (Lipinski definition) is 4. The number of para-hydroxylation sites is 1. The predicted molar refractivity (Wildman–Crippen MR) is 133 cm³/mol. The number of hydrogen-bond acceptors (Lipinski definition) is 7. The molecule has 4 atom stereocenters. The molecule has 3 aromatic rings. The second kappa shape index (κ2) is 8.35. The number of amides is 3. The van der Waals surface area contributed by atoms with Crippen molar-refractivity contribution < 1.29 is 29.3 Å². The van der Waals surface area contributed by atoms with Crippen LogP contribution in [0.3, 0.4) is 0 Å². The van der Waals surface area contributed by atoms with E-state index in [2.05, 4.69) is 10.6 Å². The van der Waals surface area contributed by atoms with Crippen LogP contribution in [0.25, 0.3) is 0 Å². The molecule has 3 heterocycles. The Hall–Kier alpha value is -4.37. The molecule has 0 unspecified atom stereocenters. The van der Waals surface area contributed by atoms with Gasteiger partial charge in [-0.15, -0.1) is 0 Å². The SMILES string of the molecule is COc1ccc(CN2C(=O)[C@@H]3[C@H](Cc4ccc(O)c(O)c4)N[C@]4(C(=O)Nc5ccccc54)[C@@H]3C2=O)cc1. The summed E-state index contributed by atoms with van der Waals surface area (Å²) in [6.45, 7) is 0.0841. The summed E-state index contributed by atoms with van der Waals surface area (Å²) < 4.78 is 5.20. The van der Waals surface area contributed by atoms with Crippen molar-refractivity contribution in [3.05, 3.63) is 83.4 Å². The Morgan fingerprint density at radius 2 is 1.65 bits per heavy atom. The summed E-state index contributed by atoms with van der Waals surface area (Å²) >= 11 is 0. The van der Waals surface area contributed by atoms with Crippen LogP contribution in [0.5, 0.6) is 17.2 Å². The van der Waals surface area contributed by atoms with Crippen molar-refractivity contribution in [2.75, 3.05) is 12.4 Å². The van der Waals surface area contributed by atoms with Crippen molar-refractivity contribution in [2.45, 2.75) is 24.5 Å².